The number of aryl methyl sites for hydroxylation is 2. The molecular formula is C27H34F2N4. The van der Waals surface area contributed by atoms with Crippen LogP contribution in [0.25, 0.3) is 5.57 Å². The Morgan fingerprint density at radius 2 is 1.91 bits per heavy atom. The van der Waals surface area contributed by atoms with E-state index < -0.39 is 6.43 Å². The molecule has 2 heterocycles. The Labute approximate surface area is 196 Å². The van der Waals surface area contributed by atoms with E-state index in [1.54, 1.807) is 12.3 Å². The monoisotopic (exact) mass is 452 g/mol. The van der Waals surface area contributed by atoms with Gasteiger partial charge in [0.2, 0.25) is 0 Å². The summed E-state index contributed by atoms with van der Waals surface area (Å²) in [4.78, 5) is 6.72. The highest BCUT2D eigenvalue weighted by Gasteiger charge is 2.12. The van der Waals surface area contributed by atoms with E-state index in [1.807, 2.05) is 44.9 Å². The summed E-state index contributed by atoms with van der Waals surface area (Å²) in [6.07, 6.45) is 9.95. The van der Waals surface area contributed by atoms with Gasteiger partial charge in [-0.25, -0.2) is 13.8 Å². The molecule has 0 radical (unpaired) electrons. The number of nitrogens with zero attached hydrogens (tertiary/aromatic N) is 4. The van der Waals surface area contributed by atoms with Gasteiger partial charge in [0.15, 0.2) is 0 Å². The number of anilines is 1. The Kier molecular flexibility index (Phi) is 9.52. The van der Waals surface area contributed by atoms with Gasteiger partial charge in [0.25, 0.3) is 6.43 Å². The van der Waals surface area contributed by atoms with Crippen molar-refractivity contribution >= 4 is 11.4 Å². The summed E-state index contributed by atoms with van der Waals surface area (Å²) in [5.41, 5.74) is 6.07. The van der Waals surface area contributed by atoms with E-state index in [1.165, 1.54) is 12.2 Å². The van der Waals surface area contributed by atoms with Crippen molar-refractivity contribution in [1.29, 1.82) is 0 Å². The quantitative estimate of drug-likeness (QED) is 0.356. The standard InChI is InChI=1S/C27H34F2N4/c1-8-22(27(28)29)13-10-20(5)24-18-31-33(7)25(24)14-11-21-12-15-26(30-17-21)32(6)23(9-2)16-19(3)4/h8,10,12-13,15-18,27H,1,3,9,11,14H2,2,4-7H3/b20-10+,22-13+,23-16-. The Bertz CT molecular complexity index is 1060. The second kappa shape index (κ2) is 12.1. The van der Waals surface area contributed by atoms with Crippen LogP contribution in [-0.2, 0) is 19.9 Å². The first kappa shape index (κ1) is 26.0. The summed E-state index contributed by atoms with van der Waals surface area (Å²) in [6, 6.07) is 4.12. The zero-order valence-electron chi connectivity index (χ0n) is 20.3. The molecule has 0 bridgehead atoms. The molecule has 0 aliphatic carbocycles. The number of halogens is 2. The van der Waals surface area contributed by atoms with Crippen molar-refractivity contribution in [2.75, 3.05) is 11.9 Å². The Morgan fingerprint density at radius 1 is 1.18 bits per heavy atom. The first-order chi connectivity index (χ1) is 15.7. The van der Waals surface area contributed by atoms with Crippen LogP contribution in [0, 0.1) is 0 Å². The van der Waals surface area contributed by atoms with Gasteiger partial charge in [-0.15, -0.1) is 0 Å². The number of rotatable bonds is 11. The number of hydrogen-bond donors (Lipinski definition) is 0. The molecule has 0 amide bonds. The van der Waals surface area contributed by atoms with Crippen molar-refractivity contribution < 1.29 is 8.78 Å². The van der Waals surface area contributed by atoms with Crippen molar-refractivity contribution in [3.63, 3.8) is 0 Å². The highest BCUT2D eigenvalue weighted by molar-refractivity contribution is 5.67. The van der Waals surface area contributed by atoms with Crippen LogP contribution in [-0.4, -0.2) is 28.2 Å². The first-order valence-electron chi connectivity index (χ1n) is 11.0. The van der Waals surface area contributed by atoms with Gasteiger partial charge in [0, 0.05) is 42.8 Å². The summed E-state index contributed by atoms with van der Waals surface area (Å²) in [5, 5.41) is 4.37. The van der Waals surface area contributed by atoms with Gasteiger partial charge in [-0.1, -0.05) is 49.9 Å². The normalized spacial score (nSPS) is 12.9. The highest BCUT2D eigenvalue weighted by atomic mass is 19.3. The molecular weight excluding hydrogens is 418 g/mol. The molecule has 4 nitrogen and oxygen atoms in total. The molecule has 0 saturated carbocycles. The molecule has 0 fully saturated rings. The maximum atomic E-state index is 12.9. The second-order valence-corrected chi connectivity index (χ2v) is 8.07. The van der Waals surface area contributed by atoms with Crippen molar-refractivity contribution in [1.82, 2.24) is 14.8 Å². The smallest absolute Gasteiger partial charge is 0.263 e. The Morgan fingerprint density at radius 3 is 2.45 bits per heavy atom. The summed E-state index contributed by atoms with van der Waals surface area (Å²) >= 11 is 0. The molecule has 176 valence electrons. The molecule has 0 aromatic carbocycles. The average molecular weight is 453 g/mol. The zero-order valence-corrected chi connectivity index (χ0v) is 20.3. The molecule has 0 spiro atoms. The van der Waals surface area contributed by atoms with Crippen LogP contribution in [0.15, 0.2) is 78.8 Å². The number of pyridine rings is 1. The van der Waals surface area contributed by atoms with E-state index in [2.05, 4.69) is 47.2 Å². The third-order valence-corrected chi connectivity index (χ3v) is 5.51. The fourth-order valence-electron chi connectivity index (χ4n) is 3.52. The predicted octanol–water partition coefficient (Wildman–Crippen LogP) is 6.69. The lowest BCUT2D eigenvalue weighted by Crippen LogP contribution is -2.17. The molecule has 0 unspecified atom stereocenters. The van der Waals surface area contributed by atoms with Gasteiger partial charge >= 0.3 is 0 Å². The predicted molar refractivity (Wildman–Crippen MR) is 134 cm³/mol. The van der Waals surface area contributed by atoms with Gasteiger partial charge < -0.3 is 4.90 Å². The summed E-state index contributed by atoms with van der Waals surface area (Å²) in [5.74, 6) is 0.886. The van der Waals surface area contributed by atoms with Crippen LogP contribution in [0.1, 0.15) is 44.0 Å². The van der Waals surface area contributed by atoms with Crippen molar-refractivity contribution in [2.24, 2.45) is 7.05 Å². The fourth-order valence-corrected chi connectivity index (χ4v) is 3.52. The molecule has 2 aromatic rings. The van der Waals surface area contributed by atoms with Crippen LogP contribution in [0.3, 0.4) is 0 Å². The van der Waals surface area contributed by atoms with Crippen LogP contribution >= 0.6 is 0 Å². The first-order valence-corrected chi connectivity index (χ1v) is 11.0. The molecule has 0 N–H and O–H groups in total. The Hall–Kier alpha value is -3.28. The van der Waals surface area contributed by atoms with Crippen molar-refractivity contribution in [3.8, 4) is 0 Å². The summed E-state index contributed by atoms with van der Waals surface area (Å²) < 4.78 is 27.7. The summed E-state index contributed by atoms with van der Waals surface area (Å²) in [7, 11) is 3.91. The molecule has 2 aromatic heterocycles. The number of alkyl halides is 2. The number of aromatic nitrogens is 3. The number of hydrogen-bond acceptors (Lipinski definition) is 3. The average Bonchev–Trinajstić information content (AvgIpc) is 3.16. The van der Waals surface area contributed by atoms with Crippen LogP contribution < -0.4 is 4.90 Å². The van der Waals surface area contributed by atoms with E-state index >= 15 is 0 Å². The van der Waals surface area contributed by atoms with Crippen molar-refractivity contribution in [3.05, 3.63) is 95.7 Å². The lowest BCUT2D eigenvalue weighted by atomic mass is 10.0. The minimum atomic E-state index is -2.54. The van der Waals surface area contributed by atoms with E-state index in [0.717, 1.165) is 58.7 Å². The van der Waals surface area contributed by atoms with E-state index in [4.69, 9.17) is 0 Å². The zero-order chi connectivity index (χ0) is 24.5. The van der Waals surface area contributed by atoms with Gasteiger partial charge in [0.05, 0.1) is 6.20 Å². The maximum Gasteiger partial charge on any atom is 0.263 e. The molecule has 0 atom stereocenters. The third kappa shape index (κ3) is 7.11. The second-order valence-electron chi connectivity index (χ2n) is 8.07. The van der Waals surface area contributed by atoms with Crippen LogP contribution in [0.2, 0.25) is 0 Å². The van der Waals surface area contributed by atoms with Gasteiger partial charge in [-0.3, -0.25) is 4.68 Å². The summed E-state index contributed by atoms with van der Waals surface area (Å²) in [6.45, 7) is 13.4. The molecule has 0 aliphatic rings. The minimum Gasteiger partial charge on any atom is -0.333 e. The van der Waals surface area contributed by atoms with Gasteiger partial charge in [0.1, 0.15) is 5.82 Å². The Balaban J connectivity index is 2.16. The van der Waals surface area contributed by atoms with Gasteiger partial charge in [-0.2, -0.15) is 5.10 Å². The molecule has 33 heavy (non-hydrogen) atoms. The van der Waals surface area contributed by atoms with Crippen LogP contribution in [0.5, 0.6) is 0 Å². The number of allylic oxidation sites excluding steroid dienone is 8. The van der Waals surface area contributed by atoms with E-state index in [9.17, 15) is 8.78 Å². The fraction of sp³-hybridized carbons (Fsp3) is 0.333. The maximum absolute atomic E-state index is 12.9. The molecule has 0 aliphatic heterocycles. The molecule has 0 saturated heterocycles. The third-order valence-electron chi connectivity index (χ3n) is 5.51. The lowest BCUT2D eigenvalue weighted by Gasteiger charge is -2.21. The molecule has 6 heteroatoms. The van der Waals surface area contributed by atoms with Gasteiger partial charge in [-0.05, 0) is 56.4 Å². The topological polar surface area (TPSA) is 34.0 Å². The molecule has 2 rings (SSSR count). The largest absolute Gasteiger partial charge is 0.333 e. The lowest BCUT2D eigenvalue weighted by molar-refractivity contribution is 0.194. The van der Waals surface area contributed by atoms with E-state index in [0.29, 0.717) is 0 Å². The van der Waals surface area contributed by atoms with Crippen molar-refractivity contribution in [2.45, 2.75) is 46.5 Å². The van der Waals surface area contributed by atoms with Crippen LogP contribution in [0.4, 0.5) is 14.6 Å². The SMILES string of the molecule is C=C/C(=C\C=C(/C)c1cnn(C)c1CCc1ccc(N(C)/C(=C\C(=C)C)CC)nc1)C(F)F. The minimum absolute atomic E-state index is 0.0970. The highest BCUT2D eigenvalue weighted by Crippen LogP contribution is 2.22. The van der Waals surface area contributed by atoms with E-state index in [-0.39, 0.29) is 5.57 Å².